The third-order valence-electron chi connectivity index (χ3n) is 3.62. The predicted octanol–water partition coefficient (Wildman–Crippen LogP) is 1.36. The van der Waals surface area contributed by atoms with Crippen LogP contribution in [0.4, 0.5) is 4.39 Å². The fraction of sp³-hybridized carbons (Fsp3) is 0.357. The number of hydrogen-bond donors (Lipinski definition) is 1. The maximum absolute atomic E-state index is 14.1. The highest BCUT2D eigenvalue weighted by Crippen LogP contribution is 2.24. The number of halogens is 1. The minimum atomic E-state index is -3.67. The highest BCUT2D eigenvalue weighted by atomic mass is 32.2. The number of sulfonamides is 1. The Balaban J connectivity index is 2.06. The number of aromatic nitrogens is 1. The van der Waals surface area contributed by atoms with Gasteiger partial charge in [0.25, 0.3) is 0 Å². The summed E-state index contributed by atoms with van der Waals surface area (Å²) in [5.41, 5.74) is 0. The first-order valence-corrected chi connectivity index (χ1v) is 8.27. The third kappa shape index (κ3) is 2.76. The Hall–Kier alpha value is -1.57. The van der Waals surface area contributed by atoms with E-state index in [1.54, 1.807) is 6.07 Å². The minimum absolute atomic E-state index is 0.000556. The zero-order valence-corrected chi connectivity index (χ0v) is 12.2. The number of benzene rings is 1. The van der Waals surface area contributed by atoms with Crippen molar-refractivity contribution < 1.29 is 12.8 Å². The van der Waals surface area contributed by atoms with Gasteiger partial charge in [-0.3, -0.25) is 4.98 Å². The van der Waals surface area contributed by atoms with Crippen LogP contribution in [-0.4, -0.2) is 43.9 Å². The number of fused-ring (bicyclic) bond motifs is 1. The van der Waals surface area contributed by atoms with E-state index in [4.69, 9.17) is 0 Å². The molecule has 1 N–H and O–H groups in total. The first kappa shape index (κ1) is 14.4. The van der Waals surface area contributed by atoms with Crippen LogP contribution in [0.5, 0.6) is 0 Å². The SMILES string of the molecule is O=S(=O)(c1cc(F)c2cnccc2c1)N1CCCNCC1. The molecule has 21 heavy (non-hydrogen) atoms. The van der Waals surface area contributed by atoms with Gasteiger partial charge >= 0.3 is 0 Å². The Morgan fingerprint density at radius 1 is 1.24 bits per heavy atom. The molecule has 1 saturated heterocycles. The molecule has 7 heteroatoms. The van der Waals surface area contributed by atoms with E-state index in [1.807, 2.05) is 0 Å². The summed E-state index contributed by atoms with van der Waals surface area (Å²) in [6.07, 6.45) is 3.67. The molecular weight excluding hydrogens is 293 g/mol. The second kappa shape index (κ2) is 5.67. The van der Waals surface area contributed by atoms with Gasteiger partial charge in [0.2, 0.25) is 10.0 Å². The molecule has 1 aliphatic rings. The predicted molar refractivity (Wildman–Crippen MR) is 77.9 cm³/mol. The molecule has 1 fully saturated rings. The lowest BCUT2D eigenvalue weighted by Crippen LogP contribution is -2.34. The highest BCUT2D eigenvalue weighted by molar-refractivity contribution is 7.89. The molecule has 3 rings (SSSR count). The Bertz CT molecular complexity index is 756. The summed E-state index contributed by atoms with van der Waals surface area (Å²) in [5, 5.41) is 4.02. The quantitative estimate of drug-likeness (QED) is 0.910. The van der Waals surface area contributed by atoms with Gasteiger partial charge in [-0.05, 0) is 36.6 Å². The Kier molecular flexibility index (Phi) is 3.88. The zero-order chi connectivity index (χ0) is 14.9. The summed E-state index contributed by atoms with van der Waals surface area (Å²) in [6.45, 7) is 2.26. The van der Waals surface area contributed by atoms with E-state index in [9.17, 15) is 12.8 Å². The van der Waals surface area contributed by atoms with Gasteiger partial charge in [0.15, 0.2) is 0 Å². The van der Waals surface area contributed by atoms with Gasteiger partial charge in [0.05, 0.1) is 4.90 Å². The number of rotatable bonds is 2. The van der Waals surface area contributed by atoms with E-state index in [-0.39, 0.29) is 4.90 Å². The van der Waals surface area contributed by atoms with Gasteiger partial charge in [-0.2, -0.15) is 4.31 Å². The monoisotopic (exact) mass is 309 g/mol. The van der Waals surface area contributed by atoms with Crippen LogP contribution in [0.3, 0.4) is 0 Å². The van der Waals surface area contributed by atoms with E-state index in [1.165, 1.54) is 22.8 Å². The van der Waals surface area contributed by atoms with Gasteiger partial charge in [-0.15, -0.1) is 0 Å². The van der Waals surface area contributed by atoms with Crippen LogP contribution < -0.4 is 5.32 Å². The summed E-state index contributed by atoms with van der Waals surface area (Å²) in [6, 6.07) is 4.20. The molecule has 1 aromatic heterocycles. The number of nitrogens with one attached hydrogen (secondary N) is 1. The average Bonchev–Trinajstić information content (AvgIpc) is 2.77. The molecule has 0 bridgehead atoms. The maximum atomic E-state index is 14.1. The van der Waals surface area contributed by atoms with Crippen molar-refractivity contribution >= 4 is 20.8 Å². The third-order valence-corrected chi connectivity index (χ3v) is 5.49. The fourth-order valence-corrected chi connectivity index (χ4v) is 4.02. The van der Waals surface area contributed by atoms with Crippen LogP contribution in [0.15, 0.2) is 35.5 Å². The van der Waals surface area contributed by atoms with Crippen molar-refractivity contribution in [3.05, 3.63) is 36.4 Å². The van der Waals surface area contributed by atoms with Crippen molar-refractivity contribution in [1.82, 2.24) is 14.6 Å². The Morgan fingerprint density at radius 3 is 2.95 bits per heavy atom. The normalized spacial score (nSPS) is 17.8. The lowest BCUT2D eigenvalue weighted by atomic mass is 10.2. The Morgan fingerprint density at radius 2 is 2.10 bits per heavy atom. The van der Waals surface area contributed by atoms with E-state index < -0.39 is 15.8 Å². The van der Waals surface area contributed by atoms with Crippen LogP contribution in [0.2, 0.25) is 0 Å². The molecule has 0 atom stereocenters. The Labute approximate surface area is 122 Å². The largest absolute Gasteiger partial charge is 0.315 e. The number of nitrogens with zero attached hydrogens (tertiary/aromatic N) is 2. The van der Waals surface area contributed by atoms with E-state index in [2.05, 4.69) is 10.3 Å². The topological polar surface area (TPSA) is 62.3 Å². The van der Waals surface area contributed by atoms with Crippen molar-refractivity contribution in [1.29, 1.82) is 0 Å². The van der Waals surface area contributed by atoms with Crippen molar-refractivity contribution in [2.75, 3.05) is 26.2 Å². The maximum Gasteiger partial charge on any atom is 0.243 e. The summed E-state index contributed by atoms with van der Waals surface area (Å²) in [4.78, 5) is 3.86. The van der Waals surface area contributed by atoms with Gasteiger partial charge in [-0.1, -0.05) is 0 Å². The average molecular weight is 309 g/mol. The first-order chi connectivity index (χ1) is 10.1. The molecule has 0 saturated carbocycles. The van der Waals surface area contributed by atoms with Gasteiger partial charge in [0, 0.05) is 37.4 Å². The standard InChI is InChI=1S/C14H16FN3O2S/c15-14-9-12(8-11-2-4-17-10-13(11)14)21(19,20)18-6-1-3-16-5-7-18/h2,4,8-10,16H,1,3,5-7H2. The molecule has 2 heterocycles. The van der Waals surface area contributed by atoms with Crippen molar-refractivity contribution in [3.63, 3.8) is 0 Å². The molecule has 0 aliphatic carbocycles. The zero-order valence-electron chi connectivity index (χ0n) is 11.4. The molecule has 0 amide bonds. The van der Waals surface area contributed by atoms with Crippen LogP contribution in [0.25, 0.3) is 10.8 Å². The molecule has 0 unspecified atom stereocenters. The first-order valence-electron chi connectivity index (χ1n) is 6.83. The van der Waals surface area contributed by atoms with Crippen molar-refractivity contribution in [3.8, 4) is 0 Å². The van der Waals surface area contributed by atoms with Crippen LogP contribution in [0, 0.1) is 5.82 Å². The smallest absolute Gasteiger partial charge is 0.243 e. The molecule has 112 valence electrons. The van der Waals surface area contributed by atoms with Crippen LogP contribution in [0.1, 0.15) is 6.42 Å². The van der Waals surface area contributed by atoms with Gasteiger partial charge < -0.3 is 5.32 Å². The minimum Gasteiger partial charge on any atom is -0.315 e. The fourth-order valence-electron chi connectivity index (χ4n) is 2.49. The van der Waals surface area contributed by atoms with E-state index >= 15 is 0 Å². The molecule has 1 aromatic carbocycles. The lowest BCUT2D eigenvalue weighted by Gasteiger charge is -2.20. The van der Waals surface area contributed by atoms with Crippen molar-refractivity contribution in [2.24, 2.45) is 0 Å². The summed E-state index contributed by atoms with van der Waals surface area (Å²) < 4.78 is 40.8. The van der Waals surface area contributed by atoms with Crippen LogP contribution >= 0.6 is 0 Å². The van der Waals surface area contributed by atoms with E-state index in [0.29, 0.717) is 30.4 Å². The molecular formula is C14H16FN3O2S. The summed E-state index contributed by atoms with van der Waals surface area (Å²) in [5.74, 6) is -0.563. The second-order valence-corrected chi connectivity index (χ2v) is 6.95. The highest BCUT2D eigenvalue weighted by Gasteiger charge is 2.26. The number of hydrogen-bond acceptors (Lipinski definition) is 4. The summed E-state index contributed by atoms with van der Waals surface area (Å²) >= 11 is 0. The van der Waals surface area contributed by atoms with Crippen molar-refractivity contribution in [2.45, 2.75) is 11.3 Å². The van der Waals surface area contributed by atoms with Gasteiger partial charge in [-0.25, -0.2) is 12.8 Å². The molecule has 2 aromatic rings. The molecule has 1 aliphatic heterocycles. The molecule has 5 nitrogen and oxygen atoms in total. The second-order valence-electron chi connectivity index (χ2n) is 5.01. The lowest BCUT2D eigenvalue weighted by molar-refractivity contribution is 0.431. The van der Waals surface area contributed by atoms with E-state index in [0.717, 1.165) is 19.0 Å². The number of pyridine rings is 1. The van der Waals surface area contributed by atoms with Crippen LogP contribution in [-0.2, 0) is 10.0 Å². The molecule has 0 spiro atoms. The summed E-state index contributed by atoms with van der Waals surface area (Å²) in [7, 11) is -3.67. The molecule has 0 radical (unpaired) electrons. The van der Waals surface area contributed by atoms with Gasteiger partial charge in [0.1, 0.15) is 5.82 Å².